The first-order valence-electron chi connectivity index (χ1n) is 12.2. The van der Waals surface area contributed by atoms with Crippen molar-refractivity contribution >= 4 is 34.1 Å². The van der Waals surface area contributed by atoms with Crippen molar-refractivity contribution in [3.8, 4) is 11.8 Å². The van der Waals surface area contributed by atoms with Crippen LogP contribution in [-0.2, 0) is 28.9 Å². The van der Waals surface area contributed by atoms with Crippen LogP contribution in [0.1, 0.15) is 52.8 Å². The van der Waals surface area contributed by atoms with E-state index >= 15 is 0 Å². The van der Waals surface area contributed by atoms with E-state index in [1.807, 2.05) is 18.2 Å². The van der Waals surface area contributed by atoms with Gasteiger partial charge in [0.1, 0.15) is 10.7 Å². The molecule has 1 saturated carbocycles. The first kappa shape index (κ1) is 25.1. The lowest BCUT2D eigenvalue weighted by atomic mass is 10.1. The summed E-state index contributed by atoms with van der Waals surface area (Å²) in [4.78, 5) is 32.9. The maximum absolute atomic E-state index is 12.4. The molecular formula is C27H24N8O2S. The molecule has 4 aromatic rings. The fourth-order valence-corrected chi connectivity index (χ4v) is 4.40. The Balaban J connectivity index is 1.05. The van der Waals surface area contributed by atoms with Crippen molar-refractivity contribution in [1.82, 2.24) is 30.4 Å². The molecule has 1 aliphatic rings. The van der Waals surface area contributed by atoms with Gasteiger partial charge in [-0.25, -0.2) is 0 Å². The van der Waals surface area contributed by atoms with Crippen LogP contribution >= 0.6 is 11.3 Å². The highest BCUT2D eigenvalue weighted by molar-refractivity contribution is 7.15. The summed E-state index contributed by atoms with van der Waals surface area (Å²) in [6.45, 7) is 0. The predicted octanol–water partition coefficient (Wildman–Crippen LogP) is 3.34. The number of aromatic nitrogens is 6. The topological polar surface area (TPSA) is 136 Å². The van der Waals surface area contributed by atoms with Crippen molar-refractivity contribution in [3.63, 3.8) is 0 Å². The summed E-state index contributed by atoms with van der Waals surface area (Å²) in [5, 5.41) is 23.0. The van der Waals surface area contributed by atoms with Gasteiger partial charge >= 0.3 is 0 Å². The molecular weight excluding hydrogens is 500 g/mol. The monoisotopic (exact) mass is 524 g/mol. The number of hydrogen-bond acceptors (Lipinski definition) is 9. The second-order valence-electron chi connectivity index (χ2n) is 8.73. The first-order valence-corrected chi connectivity index (χ1v) is 13.0. The van der Waals surface area contributed by atoms with Crippen LogP contribution in [0.5, 0.6) is 0 Å². The standard InChI is InChI=1S/C27H24N8O2S/c36-24(17-22-15-19(12-14-29-22)18-8-9-18)30-23-11-10-20(32-33-23)5-1-2-7-26-34-35-27(38-26)31-25(37)16-21-6-3-4-13-28-21/h3-4,6,10-15,18H,2,7-9,16-17H2,(H,30,33,36)(H,31,35,37). The maximum Gasteiger partial charge on any atom is 0.232 e. The second-order valence-corrected chi connectivity index (χ2v) is 9.79. The molecule has 4 heterocycles. The van der Waals surface area contributed by atoms with Crippen LogP contribution in [-0.4, -0.2) is 42.2 Å². The van der Waals surface area contributed by atoms with Gasteiger partial charge in [0, 0.05) is 36.6 Å². The Hall–Kier alpha value is -4.56. The summed E-state index contributed by atoms with van der Waals surface area (Å²) < 4.78 is 0. The van der Waals surface area contributed by atoms with E-state index in [0.29, 0.717) is 41.1 Å². The van der Waals surface area contributed by atoms with Gasteiger partial charge in [-0.3, -0.25) is 19.6 Å². The Labute approximate surface area is 223 Å². The van der Waals surface area contributed by atoms with Crippen LogP contribution in [0.4, 0.5) is 10.9 Å². The zero-order chi connectivity index (χ0) is 26.2. The number of hydrogen-bond donors (Lipinski definition) is 2. The highest BCUT2D eigenvalue weighted by Crippen LogP contribution is 2.39. The first-order chi connectivity index (χ1) is 18.6. The van der Waals surface area contributed by atoms with Crippen molar-refractivity contribution in [2.75, 3.05) is 10.6 Å². The lowest BCUT2D eigenvalue weighted by Gasteiger charge is -2.05. The number of carbonyl (C=O) groups is 2. The van der Waals surface area contributed by atoms with Gasteiger partial charge in [0.05, 0.1) is 12.8 Å². The van der Waals surface area contributed by atoms with E-state index in [0.717, 1.165) is 10.7 Å². The second kappa shape index (κ2) is 12.1. The number of rotatable bonds is 9. The van der Waals surface area contributed by atoms with E-state index in [9.17, 15) is 9.59 Å². The van der Waals surface area contributed by atoms with Gasteiger partial charge < -0.3 is 10.6 Å². The third-order valence-electron chi connectivity index (χ3n) is 5.62. The highest BCUT2D eigenvalue weighted by Gasteiger charge is 2.23. The van der Waals surface area contributed by atoms with Crippen molar-refractivity contribution in [2.45, 2.75) is 44.4 Å². The minimum atomic E-state index is -0.192. The van der Waals surface area contributed by atoms with Crippen LogP contribution in [0.2, 0.25) is 0 Å². The number of nitrogens with zero attached hydrogens (tertiary/aromatic N) is 6. The van der Waals surface area contributed by atoms with Crippen LogP contribution in [0.3, 0.4) is 0 Å². The molecule has 0 radical (unpaired) electrons. The minimum Gasteiger partial charge on any atom is -0.309 e. The Bertz CT molecular complexity index is 1470. The third-order valence-corrected chi connectivity index (χ3v) is 6.52. The van der Waals surface area contributed by atoms with Crippen molar-refractivity contribution in [1.29, 1.82) is 0 Å². The molecule has 2 amide bonds. The largest absolute Gasteiger partial charge is 0.309 e. The normalized spacial score (nSPS) is 12.3. The van der Waals surface area contributed by atoms with Crippen molar-refractivity contribution in [2.24, 2.45) is 0 Å². The van der Waals surface area contributed by atoms with Gasteiger partial charge in [0.15, 0.2) is 5.82 Å². The molecule has 2 N–H and O–H groups in total. The van der Waals surface area contributed by atoms with Crippen molar-refractivity contribution < 1.29 is 9.59 Å². The molecule has 0 atom stereocenters. The molecule has 1 fully saturated rings. The predicted molar refractivity (Wildman–Crippen MR) is 142 cm³/mol. The Morgan fingerprint density at radius 1 is 0.895 bits per heavy atom. The van der Waals surface area contributed by atoms with Gasteiger partial charge in [-0.2, -0.15) is 0 Å². The molecule has 1 aliphatic carbocycles. The third kappa shape index (κ3) is 7.47. The summed E-state index contributed by atoms with van der Waals surface area (Å²) >= 11 is 1.32. The number of carbonyl (C=O) groups excluding carboxylic acids is 2. The van der Waals surface area contributed by atoms with E-state index in [-0.39, 0.29) is 24.7 Å². The lowest BCUT2D eigenvalue weighted by Crippen LogP contribution is -2.16. The number of amides is 2. The molecule has 10 nitrogen and oxygen atoms in total. The Morgan fingerprint density at radius 3 is 2.53 bits per heavy atom. The highest BCUT2D eigenvalue weighted by atomic mass is 32.1. The summed E-state index contributed by atoms with van der Waals surface area (Å²) in [5.41, 5.74) is 3.19. The fraction of sp³-hybridized carbons (Fsp3) is 0.259. The van der Waals surface area contributed by atoms with Gasteiger partial charge in [-0.05, 0) is 66.6 Å². The average Bonchev–Trinajstić information content (AvgIpc) is 3.68. The van der Waals surface area contributed by atoms with Crippen LogP contribution < -0.4 is 10.6 Å². The average molecular weight is 525 g/mol. The van der Waals surface area contributed by atoms with E-state index in [1.165, 1.54) is 29.7 Å². The van der Waals surface area contributed by atoms with Crippen LogP contribution in [0, 0.1) is 11.8 Å². The summed E-state index contributed by atoms with van der Waals surface area (Å²) in [6, 6.07) is 12.8. The quantitative estimate of drug-likeness (QED) is 0.318. The maximum atomic E-state index is 12.4. The van der Waals surface area contributed by atoms with Crippen LogP contribution in [0.25, 0.3) is 0 Å². The summed E-state index contributed by atoms with van der Waals surface area (Å²) in [5.74, 6) is 6.60. The van der Waals surface area contributed by atoms with E-state index in [4.69, 9.17) is 0 Å². The van der Waals surface area contributed by atoms with Crippen molar-refractivity contribution in [3.05, 3.63) is 82.5 Å². The zero-order valence-corrected chi connectivity index (χ0v) is 21.2. The van der Waals surface area contributed by atoms with E-state index in [2.05, 4.69) is 52.8 Å². The Morgan fingerprint density at radius 2 is 1.74 bits per heavy atom. The fourth-order valence-electron chi connectivity index (χ4n) is 3.64. The number of anilines is 2. The van der Waals surface area contributed by atoms with E-state index < -0.39 is 0 Å². The van der Waals surface area contributed by atoms with Gasteiger partial charge in [-0.1, -0.05) is 23.3 Å². The lowest BCUT2D eigenvalue weighted by molar-refractivity contribution is -0.116. The Kier molecular flexibility index (Phi) is 8.01. The molecule has 5 rings (SSSR count). The molecule has 38 heavy (non-hydrogen) atoms. The molecule has 0 spiro atoms. The molecule has 4 aromatic heterocycles. The SMILES string of the molecule is O=C(Cc1cc(C2CC2)ccn1)Nc1ccc(C#CCCc2nnc(NC(=O)Cc3ccccn3)s2)nn1. The molecule has 0 bridgehead atoms. The van der Waals surface area contributed by atoms with Crippen LogP contribution in [0.15, 0.2) is 54.9 Å². The zero-order valence-electron chi connectivity index (χ0n) is 20.4. The van der Waals surface area contributed by atoms with Gasteiger partial charge in [0.25, 0.3) is 0 Å². The van der Waals surface area contributed by atoms with E-state index in [1.54, 1.807) is 36.7 Å². The summed E-state index contributed by atoms with van der Waals surface area (Å²) in [7, 11) is 0. The number of nitrogens with one attached hydrogen (secondary N) is 2. The molecule has 0 saturated heterocycles. The summed E-state index contributed by atoms with van der Waals surface area (Å²) in [6.07, 6.45) is 7.33. The number of pyridine rings is 2. The minimum absolute atomic E-state index is 0.177. The van der Waals surface area contributed by atoms with Gasteiger partial charge in [-0.15, -0.1) is 20.4 Å². The molecule has 0 aromatic carbocycles. The van der Waals surface area contributed by atoms with Gasteiger partial charge in [0.2, 0.25) is 16.9 Å². The molecule has 11 heteroatoms. The molecule has 190 valence electrons. The smallest absolute Gasteiger partial charge is 0.232 e. The molecule has 0 unspecified atom stereocenters. The number of aryl methyl sites for hydroxylation is 1. The molecule has 0 aliphatic heterocycles.